The molecule has 0 saturated heterocycles. The van der Waals surface area contributed by atoms with Gasteiger partial charge in [-0.15, -0.1) is 0 Å². The molecule has 4 nitrogen and oxygen atoms in total. The van der Waals surface area contributed by atoms with Crippen molar-refractivity contribution in [1.29, 1.82) is 0 Å². The van der Waals surface area contributed by atoms with E-state index >= 15 is 0 Å². The Balaban J connectivity index is 1.89. The third-order valence-corrected chi connectivity index (χ3v) is 4.80. The summed E-state index contributed by atoms with van der Waals surface area (Å²) in [4.78, 5) is 16.7. The maximum absolute atomic E-state index is 11.9. The second-order valence-electron chi connectivity index (χ2n) is 6.48. The van der Waals surface area contributed by atoms with Gasteiger partial charge in [-0.05, 0) is 48.4 Å². The van der Waals surface area contributed by atoms with Crippen molar-refractivity contribution in [1.82, 2.24) is 9.71 Å². The van der Waals surface area contributed by atoms with Crippen LogP contribution in [0.4, 0.5) is 0 Å². The highest BCUT2D eigenvalue weighted by molar-refractivity contribution is 7.82. The van der Waals surface area contributed by atoms with Gasteiger partial charge in [0.2, 0.25) is 0 Å². The van der Waals surface area contributed by atoms with Crippen LogP contribution in [0.25, 0.3) is 22.0 Å². The average molecular weight is 403 g/mol. The first-order valence-corrected chi connectivity index (χ1v) is 10.7. The molecule has 0 saturated carbocycles. The summed E-state index contributed by atoms with van der Waals surface area (Å²) < 4.78 is 13.5. The summed E-state index contributed by atoms with van der Waals surface area (Å²) in [6, 6.07) is 19.1. The highest BCUT2D eigenvalue weighted by atomic mass is 32.2. The largest absolute Gasteiger partial charge is 0.271 e. The van der Waals surface area contributed by atoms with Crippen LogP contribution in [0.3, 0.4) is 0 Å². The van der Waals surface area contributed by atoms with Crippen LogP contribution in [-0.4, -0.2) is 21.4 Å². The van der Waals surface area contributed by atoms with Gasteiger partial charge in [0.1, 0.15) is 11.0 Å². The zero-order valence-corrected chi connectivity index (χ0v) is 17.2. The van der Waals surface area contributed by atoms with Gasteiger partial charge in [0.15, 0.2) is 0 Å². The minimum absolute atomic E-state index is 0.367. The molecule has 1 unspecified atom stereocenters. The van der Waals surface area contributed by atoms with Crippen LogP contribution in [0.5, 0.6) is 0 Å². The fraction of sp³-hybridized carbons (Fsp3) is 0.0833. The van der Waals surface area contributed by atoms with Crippen LogP contribution in [0.15, 0.2) is 85.5 Å². The molecule has 0 spiro atoms. The molecule has 1 atom stereocenters. The lowest BCUT2D eigenvalue weighted by Crippen LogP contribution is -2.24. The van der Waals surface area contributed by atoms with Gasteiger partial charge >= 0.3 is 0 Å². The van der Waals surface area contributed by atoms with E-state index in [9.17, 15) is 9.00 Å². The number of para-hydroxylation sites is 1. The Kier molecular flexibility index (Phi) is 6.52. The van der Waals surface area contributed by atoms with Crippen molar-refractivity contribution in [3.8, 4) is 0 Å². The van der Waals surface area contributed by atoms with E-state index in [4.69, 9.17) is 4.98 Å². The standard InChI is InChI=1S/C24H22N2O2S/c1-4-7-21(23-15-14-19-8-5-6-9-22(19)25-23)16-17(2)18-10-12-20(13-11-18)24(27)26-29(3)28/h4-16H,2H2,1,3H3,(H,26,27)/b7-4-,21-16+. The maximum Gasteiger partial charge on any atom is 0.262 e. The first-order valence-electron chi connectivity index (χ1n) is 9.12. The molecule has 0 aliphatic rings. The van der Waals surface area contributed by atoms with Crippen molar-refractivity contribution in [2.24, 2.45) is 0 Å². The molecular weight excluding hydrogens is 380 g/mol. The molecule has 0 aliphatic carbocycles. The Morgan fingerprint density at radius 1 is 1.03 bits per heavy atom. The number of carbonyl (C=O) groups is 1. The van der Waals surface area contributed by atoms with Crippen molar-refractivity contribution < 1.29 is 9.00 Å². The maximum atomic E-state index is 11.9. The van der Waals surface area contributed by atoms with Gasteiger partial charge < -0.3 is 0 Å². The van der Waals surface area contributed by atoms with Gasteiger partial charge in [-0.1, -0.05) is 55.1 Å². The predicted octanol–water partition coefficient (Wildman–Crippen LogP) is 4.93. The number of amides is 1. The van der Waals surface area contributed by atoms with Crippen LogP contribution < -0.4 is 4.72 Å². The molecule has 0 bridgehead atoms. The second-order valence-corrected chi connectivity index (χ2v) is 7.59. The van der Waals surface area contributed by atoms with E-state index in [2.05, 4.69) is 17.4 Å². The molecule has 5 heteroatoms. The Morgan fingerprint density at radius 2 is 1.72 bits per heavy atom. The molecule has 3 aromatic rings. The number of fused-ring (bicyclic) bond motifs is 1. The summed E-state index contributed by atoms with van der Waals surface area (Å²) in [5.41, 5.74) is 4.90. The molecule has 1 amide bonds. The van der Waals surface area contributed by atoms with Crippen LogP contribution in [0.1, 0.15) is 28.5 Å². The summed E-state index contributed by atoms with van der Waals surface area (Å²) in [5, 5.41) is 1.09. The second kappa shape index (κ2) is 9.26. The van der Waals surface area contributed by atoms with Gasteiger partial charge in [0.25, 0.3) is 5.91 Å². The molecule has 29 heavy (non-hydrogen) atoms. The third kappa shape index (κ3) is 5.15. The van der Waals surface area contributed by atoms with Crippen LogP contribution in [0, 0.1) is 0 Å². The van der Waals surface area contributed by atoms with Crippen LogP contribution in [-0.2, 0) is 11.0 Å². The number of rotatable bonds is 6. The molecule has 1 heterocycles. The van der Waals surface area contributed by atoms with E-state index in [0.29, 0.717) is 5.56 Å². The summed E-state index contributed by atoms with van der Waals surface area (Å²) in [6.45, 7) is 6.13. The van der Waals surface area contributed by atoms with Gasteiger partial charge in [-0.3, -0.25) is 9.52 Å². The topological polar surface area (TPSA) is 59.1 Å². The van der Waals surface area contributed by atoms with Crippen LogP contribution in [0.2, 0.25) is 0 Å². The zero-order chi connectivity index (χ0) is 20.8. The molecule has 0 fully saturated rings. The summed E-state index contributed by atoms with van der Waals surface area (Å²) >= 11 is 0. The monoisotopic (exact) mass is 402 g/mol. The van der Waals surface area contributed by atoms with Gasteiger partial charge in [0, 0.05) is 22.8 Å². The normalized spacial score (nSPS) is 12.8. The number of hydrogen-bond donors (Lipinski definition) is 1. The Hall–Kier alpha value is -3.31. The fourth-order valence-corrected chi connectivity index (χ4v) is 3.29. The minimum atomic E-state index is -1.39. The van der Waals surface area contributed by atoms with Gasteiger partial charge in [-0.2, -0.15) is 0 Å². The molecule has 146 valence electrons. The number of hydrogen-bond acceptors (Lipinski definition) is 3. The lowest BCUT2D eigenvalue weighted by Gasteiger charge is -2.08. The molecule has 1 N–H and O–H groups in total. The smallest absolute Gasteiger partial charge is 0.262 e. The summed E-state index contributed by atoms with van der Waals surface area (Å²) in [6.07, 6.45) is 7.37. The Morgan fingerprint density at radius 3 is 2.41 bits per heavy atom. The number of allylic oxidation sites excluding steroid dienone is 5. The lowest BCUT2D eigenvalue weighted by atomic mass is 10.0. The number of aromatic nitrogens is 1. The molecule has 3 rings (SSSR count). The number of nitrogens with one attached hydrogen (secondary N) is 1. The van der Waals surface area contributed by atoms with Crippen molar-refractivity contribution in [3.05, 3.63) is 102 Å². The first-order chi connectivity index (χ1) is 14.0. The van der Waals surface area contributed by atoms with Crippen LogP contribution >= 0.6 is 0 Å². The van der Waals surface area contributed by atoms with E-state index in [0.717, 1.165) is 33.3 Å². The van der Waals surface area contributed by atoms with E-state index in [1.807, 2.05) is 67.6 Å². The molecule has 0 aliphatic heterocycles. The third-order valence-electron chi connectivity index (χ3n) is 4.32. The van der Waals surface area contributed by atoms with E-state index in [-0.39, 0.29) is 5.91 Å². The highest BCUT2D eigenvalue weighted by Gasteiger charge is 2.08. The predicted molar refractivity (Wildman–Crippen MR) is 122 cm³/mol. The van der Waals surface area contributed by atoms with Crippen molar-refractivity contribution in [3.63, 3.8) is 0 Å². The van der Waals surface area contributed by atoms with Crippen molar-refractivity contribution in [2.45, 2.75) is 6.92 Å². The number of pyridine rings is 1. The first kappa shape index (κ1) is 20.4. The van der Waals surface area contributed by atoms with E-state index in [1.165, 1.54) is 6.26 Å². The van der Waals surface area contributed by atoms with E-state index in [1.54, 1.807) is 12.1 Å². The van der Waals surface area contributed by atoms with Crippen molar-refractivity contribution >= 4 is 38.9 Å². The number of nitrogens with zero attached hydrogens (tertiary/aromatic N) is 1. The zero-order valence-electron chi connectivity index (χ0n) is 16.4. The molecule has 1 aromatic heterocycles. The fourth-order valence-electron chi connectivity index (χ4n) is 2.91. The lowest BCUT2D eigenvalue weighted by molar-refractivity contribution is 0.0983. The van der Waals surface area contributed by atoms with Gasteiger partial charge in [0.05, 0.1) is 11.2 Å². The molecule has 2 aromatic carbocycles. The number of benzene rings is 2. The Bertz CT molecular complexity index is 1150. The van der Waals surface area contributed by atoms with Crippen molar-refractivity contribution in [2.75, 3.05) is 6.26 Å². The Labute approximate surface area is 173 Å². The molecular formula is C24H22N2O2S. The average Bonchev–Trinajstić information content (AvgIpc) is 2.72. The number of carbonyl (C=O) groups excluding carboxylic acids is 1. The minimum Gasteiger partial charge on any atom is -0.271 e. The molecule has 0 radical (unpaired) electrons. The summed E-state index contributed by atoms with van der Waals surface area (Å²) in [5.74, 6) is -0.367. The quantitative estimate of drug-likeness (QED) is 0.595. The summed E-state index contributed by atoms with van der Waals surface area (Å²) in [7, 11) is -1.39. The van der Waals surface area contributed by atoms with Gasteiger partial charge in [-0.25, -0.2) is 9.19 Å². The SMILES string of the molecule is C=C(/C=C(\C=C/C)c1ccc2ccccc2n1)c1ccc(C(=O)NS(C)=O)cc1. The highest BCUT2D eigenvalue weighted by Crippen LogP contribution is 2.24. The van der Waals surface area contributed by atoms with E-state index < -0.39 is 11.0 Å².